The monoisotopic (exact) mass is 397 g/mol. The maximum Gasteiger partial charge on any atom is 0.240 e. The number of sulfonamides is 1. The molecule has 0 saturated carbocycles. The minimum atomic E-state index is -3.66. The third-order valence-corrected chi connectivity index (χ3v) is 5.98. The molecular formula is C21H23N3O3S. The molecule has 0 fully saturated rings. The quantitative estimate of drug-likeness (QED) is 0.634. The van der Waals surface area contributed by atoms with Crippen molar-refractivity contribution in [1.29, 1.82) is 0 Å². The first-order valence-electron chi connectivity index (χ1n) is 9.08. The van der Waals surface area contributed by atoms with Crippen LogP contribution in [0.25, 0.3) is 10.8 Å². The molecule has 0 spiro atoms. The Bertz CT molecular complexity index is 1050. The van der Waals surface area contributed by atoms with Crippen molar-refractivity contribution >= 4 is 26.7 Å². The van der Waals surface area contributed by atoms with Gasteiger partial charge in [0.25, 0.3) is 0 Å². The van der Waals surface area contributed by atoms with E-state index in [1.165, 1.54) is 0 Å². The molecule has 6 nitrogen and oxygen atoms in total. The fourth-order valence-corrected chi connectivity index (χ4v) is 3.92. The minimum Gasteiger partial charge on any atom is -0.345 e. The van der Waals surface area contributed by atoms with Gasteiger partial charge in [0.2, 0.25) is 15.9 Å². The number of carbonyl (C=O) groups is 1. The maximum absolute atomic E-state index is 12.5. The van der Waals surface area contributed by atoms with E-state index in [9.17, 15) is 13.2 Å². The lowest BCUT2D eigenvalue weighted by Crippen LogP contribution is -2.33. The molecule has 0 aliphatic rings. The van der Waals surface area contributed by atoms with E-state index in [0.717, 1.165) is 16.5 Å². The lowest BCUT2D eigenvalue weighted by Gasteiger charge is -2.17. The number of nitrogens with zero attached hydrogens (tertiary/aromatic N) is 2. The van der Waals surface area contributed by atoms with Crippen LogP contribution >= 0.6 is 0 Å². The molecule has 0 atom stereocenters. The van der Waals surface area contributed by atoms with Crippen LogP contribution in [0.1, 0.15) is 12.1 Å². The van der Waals surface area contributed by atoms with Crippen molar-refractivity contribution in [2.75, 3.05) is 20.1 Å². The van der Waals surface area contributed by atoms with Crippen molar-refractivity contribution < 1.29 is 13.2 Å². The van der Waals surface area contributed by atoms with Gasteiger partial charge in [-0.3, -0.25) is 9.78 Å². The number of aromatic nitrogens is 1. The first kappa shape index (κ1) is 20.0. The van der Waals surface area contributed by atoms with Crippen molar-refractivity contribution in [1.82, 2.24) is 14.6 Å². The maximum atomic E-state index is 12.5. The number of fused-ring (bicyclic) bond motifs is 1. The van der Waals surface area contributed by atoms with Crippen LogP contribution < -0.4 is 4.72 Å². The zero-order valence-corrected chi connectivity index (χ0v) is 16.5. The Morgan fingerprint density at radius 1 is 1.04 bits per heavy atom. The molecule has 0 aliphatic carbocycles. The molecule has 0 aliphatic heterocycles. The third kappa shape index (κ3) is 5.15. The standard InChI is InChI=1S/C21H23N3O3S/c1-24(15-12-19-8-4-5-13-22-19)21(25)11-14-23-28(26,27)20-10-9-17-6-2-3-7-18(17)16-20/h2-10,13,16,23H,11-12,14-15H2,1H3. The summed E-state index contributed by atoms with van der Waals surface area (Å²) >= 11 is 0. The predicted molar refractivity (Wildman–Crippen MR) is 109 cm³/mol. The first-order valence-corrected chi connectivity index (χ1v) is 10.6. The first-order chi connectivity index (χ1) is 13.5. The zero-order chi connectivity index (χ0) is 20.0. The van der Waals surface area contributed by atoms with Crippen molar-refractivity contribution in [3.05, 3.63) is 72.6 Å². The Morgan fingerprint density at radius 3 is 2.54 bits per heavy atom. The molecule has 0 radical (unpaired) electrons. The van der Waals surface area contributed by atoms with Crippen LogP contribution in [-0.4, -0.2) is 44.3 Å². The van der Waals surface area contributed by atoms with Gasteiger partial charge in [-0.1, -0.05) is 36.4 Å². The van der Waals surface area contributed by atoms with Crippen molar-refractivity contribution in [2.45, 2.75) is 17.7 Å². The number of amides is 1. The van der Waals surface area contributed by atoms with Gasteiger partial charge in [0.1, 0.15) is 0 Å². The molecule has 2 aromatic carbocycles. The summed E-state index contributed by atoms with van der Waals surface area (Å²) in [6.07, 6.45) is 2.48. The van der Waals surface area contributed by atoms with E-state index in [4.69, 9.17) is 0 Å². The molecule has 0 unspecified atom stereocenters. The summed E-state index contributed by atoms with van der Waals surface area (Å²) in [6, 6.07) is 18.2. The van der Waals surface area contributed by atoms with E-state index >= 15 is 0 Å². The highest BCUT2D eigenvalue weighted by Crippen LogP contribution is 2.18. The normalized spacial score (nSPS) is 11.5. The number of nitrogens with one attached hydrogen (secondary N) is 1. The number of rotatable bonds is 8. The van der Waals surface area contributed by atoms with Gasteiger partial charge < -0.3 is 4.90 Å². The number of benzene rings is 2. The molecule has 7 heteroatoms. The van der Waals surface area contributed by atoms with Gasteiger partial charge in [-0.25, -0.2) is 13.1 Å². The van der Waals surface area contributed by atoms with E-state index in [-0.39, 0.29) is 23.8 Å². The number of hydrogen-bond donors (Lipinski definition) is 1. The minimum absolute atomic E-state index is 0.0575. The molecule has 3 rings (SSSR count). The van der Waals surface area contributed by atoms with Crippen LogP contribution in [0.15, 0.2) is 71.8 Å². The average Bonchev–Trinajstić information content (AvgIpc) is 2.72. The molecule has 1 heterocycles. The van der Waals surface area contributed by atoms with Gasteiger partial charge in [-0.15, -0.1) is 0 Å². The van der Waals surface area contributed by atoms with Crippen LogP contribution in [0.2, 0.25) is 0 Å². The van der Waals surface area contributed by atoms with Crippen LogP contribution in [0, 0.1) is 0 Å². The van der Waals surface area contributed by atoms with Gasteiger partial charge in [-0.2, -0.15) is 0 Å². The van der Waals surface area contributed by atoms with Gasteiger partial charge in [-0.05, 0) is 35.0 Å². The Labute approximate surface area is 165 Å². The van der Waals surface area contributed by atoms with E-state index < -0.39 is 10.0 Å². The summed E-state index contributed by atoms with van der Waals surface area (Å²) in [6.45, 7) is 0.592. The average molecular weight is 398 g/mol. The summed E-state index contributed by atoms with van der Waals surface area (Å²) in [7, 11) is -1.95. The highest BCUT2D eigenvalue weighted by atomic mass is 32.2. The van der Waals surface area contributed by atoms with E-state index in [2.05, 4.69) is 9.71 Å². The molecule has 1 amide bonds. The van der Waals surface area contributed by atoms with E-state index in [1.54, 1.807) is 36.3 Å². The summed E-state index contributed by atoms with van der Waals surface area (Å²) in [5, 5.41) is 1.84. The molecule has 28 heavy (non-hydrogen) atoms. The number of pyridine rings is 1. The summed E-state index contributed by atoms with van der Waals surface area (Å²) in [4.78, 5) is 18.3. The Balaban J connectivity index is 1.51. The predicted octanol–water partition coefficient (Wildman–Crippen LogP) is 2.60. The van der Waals surface area contributed by atoms with Crippen molar-refractivity contribution in [3.63, 3.8) is 0 Å². The number of hydrogen-bond acceptors (Lipinski definition) is 4. The molecule has 1 N–H and O–H groups in total. The molecule has 3 aromatic rings. The third-order valence-electron chi connectivity index (χ3n) is 4.52. The Hall–Kier alpha value is -2.77. The molecule has 0 bridgehead atoms. The Morgan fingerprint density at radius 2 is 1.79 bits per heavy atom. The van der Waals surface area contributed by atoms with Crippen LogP contribution in [-0.2, 0) is 21.2 Å². The fraction of sp³-hybridized carbons (Fsp3) is 0.238. The van der Waals surface area contributed by atoms with Crippen LogP contribution in [0.5, 0.6) is 0 Å². The molecule has 0 saturated heterocycles. The largest absolute Gasteiger partial charge is 0.345 e. The number of likely N-dealkylation sites (N-methyl/N-ethyl adjacent to an activating group) is 1. The zero-order valence-electron chi connectivity index (χ0n) is 15.7. The fourth-order valence-electron chi connectivity index (χ4n) is 2.85. The van der Waals surface area contributed by atoms with Gasteiger partial charge >= 0.3 is 0 Å². The summed E-state index contributed by atoms with van der Waals surface area (Å²) in [5.74, 6) is -0.114. The smallest absolute Gasteiger partial charge is 0.240 e. The molecule has 146 valence electrons. The van der Waals surface area contributed by atoms with Gasteiger partial charge in [0.15, 0.2) is 0 Å². The topological polar surface area (TPSA) is 79.4 Å². The van der Waals surface area contributed by atoms with Gasteiger partial charge in [0.05, 0.1) is 4.90 Å². The van der Waals surface area contributed by atoms with Crippen molar-refractivity contribution in [3.8, 4) is 0 Å². The van der Waals surface area contributed by atoms with Gasteiger partial charge in [0, 0.05) is 44.9 Å². The van der Waals surface area contributed by atoms with E-state index in [1.807, 2.05) is 42.5 Å². The second-order valence-electron chi connectivity index (χ2n) is 6.54. The highest BCUT2D eigenvalue weighted by Gasteiger charge is 2.16. The summed E-state index contributed by atoms with van der Waals surface area (Å²) < 4.78 is 27.5. The SMILES string of the molecule is CN(CCc1ccccn1)C(=O)CCNS(=O)(=O)c1ccc2ccccc2c1. The Kier molecular flexibility index (Phi) is 6.38. The van der Waals surface area contributed by atoms with Crippen LogP contribution in [0.3, 0.4) is 0 Å². The highest BCUT2D eigenvalue weighted by molar-refractivity contribution is 7.89. The second kappa shape index (κ2) is 8.95. The lowest BCUT2D eigenvalue weighted by atomic mass is 10.1. The molecule has 1 aromatic heterocycles. The lowest BCUT2D eigenvalue weighted by molar-refractivity contribution is -0.129. The summed E-state index contributed by atoms with van der Waals surface area (Å²) in [5.41, 5.74) is 0.916. The van der Waals surface area contributed by atoms with Crippen molar-refractivity contribution in [2.24, 2.45) is 0 Å². The molecular weight excluding hydrogens is 374 g/mol. The van der Waals surface area contributed by atoms with Crippen LogP contribution in [0.4, 0.5) is 0 Å². The van der Waals surface area contributed by atoms with E-state index in [0.29, 0.717) is 13.0 Å². The number of carbonyl (C=O) groups excluding carboxylic acids is 1. The second-order valence-corrected chi connectivity index (χ2v) is 8.31.